The van der Waals surface area contributed by atoms with Crippen LogP contribution in [0, 0.1) is 20.8 Å². The monoisotopic (exact) mass is 384 g/mol. The first-order chi connectivity index (χ1) is 13.5. The minimum Gasteiger partial charge on any atom is -0.377 e. The summed E-state index contributed by atoms with van der Waals surface area (Å²) in [5.41, 5.74) is 5.46. The predicted molar refractivity (Wildman–Crippen MR) is 112 cm³/mol. The van der Waals surface area contributed by atoms with E-state index in [-0.39, 0.29) is 0 Å². The zero-order chi connectivity index (χ0) is 20.1. The second-order valence-corrected chi connectivity index (χ2v) is 7.57. The van der Waals surface area contributed by atoms with Gasteiger partial charge in [-0.3, -0.25) is 4.99 Å². The Morgan fingerprint density at radius 1 is 1.29 bits per heavy atom. The van der Waals surface area contributed by atoms with Crippen LogP contribution in [0.2, 0.25) is 0 Å². The van der Waals surface area contributed by atoms with E-state index in [1.165, 1.54) is 22.3 Å². The van der Waals surface area contributed by atoms with E-state index in [0.717, 1.165) is 50.0 Å². The summed E-state index contributed by atoms with van der Waals surface area (Å²) in [5.74, 6) is 2.64. The number of nitrogens with zero attached hydrogens (tertiary/aromatic N) is 4. The number of fused-ring (bicyclic) bond motifs is 1. The van der Waals surface area contributed by atoms with E-state index in [4.69, 9.17) is 4.74 Å². The quantitative estimate of drug-likeness (QED) is 0.589. The van der Waals surface area contributed by atoms with Gasteiger partial charge in [-0.05, 0) is 50.3 Å². The number of rotatable bonds is 6. The number of hydrogen-bond donors (Lipinski definition) is 2. The zero-order valence-corrected chi connectivity index (χ0v) is 17.7. The third kappa shape index (κ3) is 4.90. The van der Waals surface area contributed by atoms with Gasteiger partial charge in [0.05, 0.1) is 6.54 Å². The van der Waals surface area contributed by atoms with E-state index in [9.17, 15) is 0 Å². The van der Waals surface area contributed by atoms with E-state index in [1.807, 2.05) is 11.7 Å². The first-order valence-corrected chi connectivity index (χ1v) is 9.95. The maximum absolute atomic E-state index is 5.14. The van der Waals surface area contributed by atoms with Gasteiger partial charge in [-0.25, -0.2) is 9.67 Å². The summed E-state index contributed by atoms with van der Waals surface area (Å²) in [4.78, 5) is 8.93. The van der Waals surface area contributed by atoms with Gasteiger partial charge in [0.25, 0.3) is 0 Å². The third-order valence-corrected chi connectivity index (χ3v) is 5.25. The lowest BCUT2D eigenvalue weighted by atomic mass is 9.97. The largest absolute Gasteiger partial charge is 0.377 e. The number of nitrogens with one attached hydrogen (secondary N) is 2. The minimum absolute atomic E-state index is 0.290. The lowest BCUT2D eigenvalue weighted by molar-refractivity contribution is 0.177. The molecule has 0 amide bonds. The molecule has 2 heterocycles. The molecule has 1 aliphatic heterocycles. The maximum atomic E-state index is 5.14. The van der Waals surface area contributed by atoms with Crippen molar-refractivity contribution in [3.63, 3.8) is 0 Å². The van der Waals surface area contributed by atoms with Crippen LogP contribution in [0.15, 0.2) is 17.1 Å². The van der Waals surface area contributed by atoms with Crippen LogP contribution in [0.4, 0.5) is 0 Å². The average Bonchev–Trinajstić information content (AvgIpc) is 3.04. The van der Waals surface area contributed by atoms with Gasteiger partial charge < -0.3 is 15.4 Å². The summed E-state index contributed by atoms with van der Waals surface area (Å²) in [6, 6.07) is 4.80. The first-order valence-electron chi connectivity index (χ1n) is 9.95. The van der Waals surface area contributed by atoms with Gasteiger partial charge in [0.2, 0.25) is 0 Å². The molecule has 0 bridgehead atoms. The first kappa shape index (κ1) is 20.3. The Hall–Kier alpha value is -2.41. The van der Waals surface area contributed by atoms with Crippen LogP contribution in [0.3, 0.4) is 0 Å². The van der Waals surface area contributed by atoms with E-state index in [0.29, 0.717) is 12.6 Å². The fraction of sp³-hybridized carbons (Fsp3) is 0.571. The Bertz CT molecular complexity index is 818. The van der Waals surface area contributed by atoms with Crippen LogP contribution in [0.5, 0.6) is 0 Å². The molecule has 28 heavy (non-hydrogen) atoms. The number of aryl methyl sites for hydroxylation is 4. The molecule has 7 nitrogen and oxygen atoms in total. The molecule has 0 saturated carbocycles. The molecule has 1 aliphatic rings. The molecule has 7 heteroatoms. The molecular weight excluding hydrogens is 352 g/mol. The second-order valence-electron chi connectivity index (χ2n) is 7.57. The Labute approximate surface area is 167 Å². The molecule has 0 fully saturated rings. The Kier molecular flexibility index (Phi) is 6.67. The average molecular weight is 385 g/mol. The van der Waals surface area contributed by atoms with Gasteiger partial charge in [-0.1, -0.05) is 17.7 Å². The van der Waals surface area contributed by atoms with Crippen molar-refractivity contribution in [2.45, 2.75) is 59.2 Å². The molecule has 0 spiro atoms. The number of guanidine groups is 1. The van der Waals surface area contributed by atoms with Crippen molar-refractivity contribution in [2.75, 3.05) is 20.7 Å². The highest BCUT2D eigenvalue weighted by atomic mass is 16.5. The Morgan fingerprint density at radius 3 is 2.71 bits per heavy atom. The lowest BCUT2D eigenvalue weighted by Gasteiger charge is -2.25. The van der Waals surface area contributed by atoms with Gasteiger partial charge in [-0.15, -0.1) is 0 Å². The number of ether oxygens (including phenoxy) is 1. The summed E-state index contributed by atoms with van der Waals surface area (Å²) < 4.78 is 7.12. The molecule has 3 rings (SSSR count). The van der Waals surface area contributed by atoms with Crippen LogP contribution in [0.1, 0.15) is 40.3 Å². The van der Waals surface area contributed by atoms with E-state index in [2.05, 4.69) is 58.6 Å². The standard InChI is InChI=1S/C21H32N6O/c1-14-10-15(2)18(16(3)11-14)8-9-23-21(22-4)24-17-6-7-20-25-19(13-28-5)26-27(20)12-17/h10-11,17H,6-9,12-13H2,1-5H3,(H2,22,23,24). The van der Waals surface area contributed by atoms with Crippen molar-refractivity contribution in [1.82, 2.24) is 25.4 Å². The normalized spacial score (nSPS) is 16.8. The van der Waals surface area contributed by atoms with Gasteiger partial charge in [-0.2, -0.15) is 5.10 Å². The van der Waals surface area contributed by atoms with Crippen LogP contribution in [0.25, 0.3) is 0 Å². The SMILES string of the molecule is CN=C(NCCc1c(C)cc(C)cc1C)NC1CCc2nc(COC)nn2C1. The lowest BCUT2D eigenvalue weighted by Crippen LogP contribution is -2.47. The summed E-state index contributed by atoms with van der Waals surface area (Å²) in [7, 11) is 3.48. The predicted octanol–water partition coefficient (Wildman–Crippen LogP) is 2.07. The number of aromatic nitrogens is 3. The highest BCUT2D eigenvalue weighted by Gasteiger charge is 2.22. The molecule has 1 aromatic heterocycles. The molecule has 152 valence electrons. The molecule has 2 aromatic rings. The van der Waals surface area contributed by atoms with Crippen molar-refractivity contribution >= 4 is 5.96 Å². The van der Waals surface area contributed by atoms with Crippen molar-refractivity contribution < 1.29 is 4.74 Å². The smallest absolute Gasteiger partial charge is 0.191 e. The number of aliphatic imine (C=N–C) groups is 1. The Balaban J connectivity index is 1.52. The summed E-state index contributed by atoms with van der Waals surface area (Å²) in [5, 5.41) is 11.5. The zero-order valence-electron chi connectivity index (χ0n) is 17.7. The van der Waals surface area contributed by atoms with E-state index >= 15 is 0 Å². The fourth-order valence-corrected chi connectivity index (χ4v) is 3.97. The summed E-state index contributed by atoms with van der Waals surface area (Å²) >= 11 is 0. The van der Waals surface area contributed by atoms with Crippen LogP contribution in [-0.2, 0) is 30.7 Å². The molecule has 0 aliphatic carbocycles. The van der Waals surface area contributed by atoms with Crippen LogP contribution >= 0.6 is 0 Å². The van der Waals surface area contributed by atoms with Crippen molar-refractivity contribution in [1.29, 1.82) is 0 Å². The van der Waals surface area contributed by atoms with E-state index < -0.39 is 0 Å². The summed E-state index contributed by atoms with van der Waals surface area (Å²) in [6.07, 6.45) is 2.91. The van der Waals surface area contributed by atoms with Gasteiger partial charge in [0.1, 0.15) is 12.4 Å². The highest BCUT2D eigenvalue weighted by molar-refractivity contribution is 5.80. The van der Waals surface area contributed by atoms with Crippen molar-refractivity contribution in [3.8, 4) is 0 Å². The van der Waals surface area contributed by atoms with Crippen LogP contribution < -0.4 is 10.6 Å². The summed E-state index contributed by atoms with van der Waals surface area (Å²) in [6.45, 7) is 8.64. The molecule has 1 unspecified atom stereocenters. The molecule has 0 radical (unpaired) electrons. The second kappa shape index (κ2) is 9.19. The van der Waals surface area contributed by atoms with E-state index in [1.54, 1.807) is 7.11 Å². The fourth-order valence-electron chi connectivity index (χ4n) is 3.97. The molecular formula is C21H32N6O. The molecule has 1 atom stereocenters. The van der Waals surface area contributed by atoms with Gasteiger partial charge >= 0.3 is 0 Å². The minimum atomic E-state index is 0.290. The van der Waals surface area contributed by atoms with Crippen LogP contribution in [-0.4, -0.2) is 47.5 Å². The molecule has 1 aromatic carbocycles. The number of hydrogen-bond acceptors (Lipinski definition) is 4. The van der Waals surface area contributed by atoms with Gasteiger partial charge in [0, 0.05) is 33.2 Å². The third-order valence-electron chi connectivity index (χ3n) is 5.25. The Morgan fingerprint density at radius 2 is 2.04 bits per heavy atom. The highest BCUT2D eigenvalue weighted by Crippen LogP contribution is 2.17. The van der Waals surface area contributed by atoms with Crippen molar-refractivity contribution in [3.05, 3.63) is 46.0 Å². The maximum Gasteiger partial charge on any atom is 0.191 e. The molecule has 0 saturated heterocycles. The van der Waals surface area contributed by atoms with Crippen molar-refractivity contribution in [2.24, 2.45) is 4.99 Å². The molecule has 2 N–H and O–H groups in total. The number of benzene rings is 1. The number of methoxy groups -OCH3 is 1. The topological polar surface area (TPSA) is 76.4 Å². The van der Waals surface area contributed by atoms with Gasteiger partial charge in [0.15, 0.2) is 11.8 Å².